The van der Waals surface area contributed by atoms with Crippen LogP contribution in [0.25, 0.3) is 0 Å². The van der Waals surface area contributed by atoms with Gasteiger partial charge in [-0.05, 0) is 37.8 Å². The molecule has 4 rings (SSSR count). The van der Waals surface area contributed by atoms with Crippen LogP contribution < -0.4 is 4.90 Å². The van der Waals surface area contributed by atoms with Crippen LogP contribution in [-0.2, 0) is 17.1 Å². The summed E-state index contributed by atoms with van der Waals surface area (Å²) in [5, 5.41) is 20.0. The monoisotopic (exact) mass is 448 g/mol. The fraction of sp³-hybridized carbons (Fsp3) is 0.600. The molecule has 10 nitrogen and oxygen atoms in total. The topological polar surface area (TPSA) is 114 Å². The van der Waals surface area contributed by atoms with Crippen molar-refractivity contribution in [1.82, 2.24) is 19.1 Å². The fourth-order valence-electron chi connectivity index (χ4n) is 4.58. The van der Waals surface area contributed by atoms with E-state index in [1.807, 2.05) is 16.5 Å². The Hall–Kier alpha value is -2.53. The van der Waals surface area contributed by atoms with Crippen molar-refractivity contribution in [2.75, 3.05) is 31.1 Å². The molecule has 168 valence electrons. The number of aromatic nitrogens is 3. The van der Waals surface area contributed by atoms with Crippen LogP contribution in [0.4, 0.5) is 11.4 Å². The van der Waals surface area contributed by atoms with E-state index in [1.165, 1.54) is 16.4 Å². The minimum Gasteiger partial charge on any atom is -0.365 e. The Bertz CT molecular complexity index is 1050. The van der Waals surface area contributed by atoms with Crippen LogP contribution in [0.1, 0.15) is 50.3 Å². The number of anilines is 1. The molecule has 0 saturated carbocycles. The van der Waals surface area contributed by atoms with Gasteiger partial charge in [0.25, 0.3) is 5.69 Å². The summed E-state index contributed by atoms with van der Waals surface area (Å²) in [5.74, 6) is 0.967. The maximum absolute atomic E-state index is 13.1. The Morgan fingerprint density at radius 2 is 1.84 bits per heavy atom. The second-order valence-corrected chi connectivity index (χ2v) is 10.2. The molecule has 0 amide bonds. The first-order valence-electron chi connectivity index (χ1n) is 10.8. The first-order valence-corrected chi connectivity index (χ1v) is 12.2. The van der Waals surface area contributed by atoms with Gasteiger partial charge in [0, 0.05) is 45.2 Å². The Morgan fingerprint density at radius 3 is 2.48 bits per heavy atom. The summed E-state index contributed by atoms with van der Waals surface area (Å²) in [6, 6.07) is 4.32. The standard InChI is InChI=1S/C20H28N6O4S/c1-23-15-21-22-20(23)16-7-6-10-24(14-16)18-9-8-17(13-19(18)26(27)28)31(29,30)25-11-4-2-3-5-12-25/h8-9,13,15-16H,2-7,10-12,14H2,1H3. The van der Waals surface area contributed by atoms with E-state index in [0.717, 1.165) is 44.3 Å². The van der Waals surface area contributed by atoms with Crippen molar-refractivity contribution in [2.24, 2.45) is 7.05 Å². The maximum atomic E-state index is 13.1. The van der Waals surface area contributed by atoms with Crippen molar-refractivity contribution in [3.63, 3.8) is 0 Å². The Balaban J connectivity index is 1.63. The van der Waals surface area contributed by atoms with Gasteiger partial charge in [0.1, 0.15) is 17.8 Å². The largest absolute Gasteiger partial charge is 0.365 e. The van der Waals surface area contributed by atoms with Gasteiger partial charge in [-0.1, -0.05) is 12.8 Å². The smallest absolute Gasteiger partial charge is 0.293 e. The van der Waals surface area contributed by atoms with Gasteiger partial charge in [0.15, 0.2) is 0 Å². The van der Waals surface area contributed by atoms with Gasteiger partial charge < -0.3 is 9.47 Å². The molecule has 1 atom stereocenters. The Kier molecular flexibility index (Phi) is 6.24. The van der Waals surface area contributed by atoms with Crippen LogP contribution in [0.2, 0.25) is 0 Å². The van der Waals surface area contributed by atoms with Gasteiger partial charge in [-0.2, -0.15) is 4.31 Å². The molecule has 2 aromatic rings. The molecule has 2 aliphatic heterocycles. The number of sulfonamides is 1. The highest BCUT2D eigenvalue weighted by Gasteiger charge is 2.32. The van der Waals surface area contributed by atoms with E-state index in [1.54, 1.807) is 12.4 Å². The first kappa shape index (κ1) is 21.7. The molecule has 1 aromatic heterocycles. The van der Waals surface area contributed by atoms with E-state index in [-0.39, 0.29) is 16.5 Å². The summed E-state index contributed by atoms with van der Waals surface area (Å²) in [7, 11) is -1.86. The highest BCUT2D eigenvalue weighted by Crippen LogP contribution is 2.36. The Labute approximate surface area is 182 Å². The lowest BCUT2D eigenvalue weighted by molar-refractivity contribution is -0.384. The normalized spacial score (nSPS) is 21.1. The highest BCUT2D eigenvalue weighted by molar-refractivity contribution is 7.89. The third kappa shape index (κ3) is 4.42. The molecule has 2 aliphatic rings. The molecular weight excluding hydrogens is 420 g/mol. The average molecular weight is 449 g/mol. The third-order valence-electron chi connectivity index (χ3n) is 6.22. The van der Waals surface area contributed by atoms with Crippen LogP contribution in [0, 0.1) is 10.1 Å². The van der Waals surface area contributed by atoms with Gasteiger partial charge in [0.05, 0.1) is 9.82 Å². The van der Waals surface area contributed by atoms with E-state index in [2.05, 4.69) is 10.2 Å². The number of nitro groups is 1. The molecule has 0 aliphatic carbocycles. The minimum atomic E-state index is -3.75. The van der Waals surface area contributed by atoms with Gasteiger partial charge in [-0.25, -0.2) is 8.42 Å². The average Bonchev–Trinajstić information content (AvgIpc) is 3.01. The zero-order chi connectivity index (χ0) is 22.0. The van der Waals surface area contributed by atoms with Crippen molar-refractivity contribution in [1.29, 1.82) is 0 Å². The van der Waals surface area contributed by atoms with E-state index >= 15 is 0 Å². The van der Waals surface area contributed by atoms with Gasteiger partial charge in [-0.3, -0.25) is 10.1 Å². The van der Waals surface area contributed by atoms with E-state index in [4.69, 9.17) is 0 Å². The lowest BCUT2D eigenvalue weighted by Crippen LogP contribution is -2.36. The van der Waals surface area contributed by atoms with Crippen LogP contribution in [-0.4, -0.2) is 58.6 Å². The maximum Gasteiger partial charge on any atom is 0.293 e. The SMILES string of the molecule is Cn1cnnc1C1CCCN(c2ccc(S(=O)(=O)N3CCCCCC3)cc2[N+](=O)[O-])C1. The van der Waals surface area contributed by atoms with E-state index in [9.17, 15) is 18.5 Å². The van der Waals surface area contributed by atoms with E-state index < -0.39 is 14.9 Å². The van der Waals surface area contributed by atoms with Crippen LogP contribution in [0.15, 0.2) is 29.4 Å². The predicted octanol–water partition coefficient (Wildman–Crippen LogP) is 2.67. The molecular formula is C20H28N6O4S. The number of rotatable bonds is 5. The number of piperidine rings is 1. The van der Waals surface area contributed by atoms with Crippen molar-refractivity contribution >= 4 is 21.4 Å². The molecule has 0 bridgehead atoms. The summed E-state index contributed by atoms with van der Waals surface area (Å²) in [5.41, 5.74) is 0.279. The minimum absolute atomic E-state index is 0.00768. The summed E-state index contributed by atoms with van der Waals surface area (Å²) < 4.78 is 29.6. The van der Waals surface area contributed by atoms with Crippen molar-refractivity contribution in [3.05, 3.63) is 40.5 Å². The molecule has 3 heterocycles. The molecule has 31 heavy (non-hydrogen) atoms. The fourth-order valence-corrected chi connectivity index (χ4v) is 6.11. The van der Waals surface area contributed by atoms with E-state index in [0.29, 0.717) is 31.9 Å². The van der Waals surface area contributed by atoms with Gasteiger partial charge >= 0.3 is 0 Å². The van der Waals surface area contributed by atoms with Crippen LogP contribution in [0.3, 0.4) is 0 Å². The lowest BCUT2D eigenvalue weighted by Gasteiger charge is -2.33. The quantitative estimate of drug-likeness (QED) is 0.510. The highest BCUT2D eigenvalue weighted by atomic mass is 32.2. The van der Waals surface area contributed by atoms with Crippen LogP contribution in [0.5, 0.6) is 0 Å². The molecule has 1 aromatic carbocycles. The number of benzene rings is 1. The second-order valence-electron chi connectivity index (χ2n) is 8.31. The molecule has 0 N–H and O–H groups in total. The van der Waals surface area contributed by atoms with Crippen molar-refractivity contribution in [3.8, 4) is 0 Å². The van der Waals surface area contributed by atoms with Crippen molar-refractivity contribution in [2.45, 2.75) is 49.3 Å². The molecule has 11 heteroatoms. The molecule has 1 unspecified atom stereocenters. The third-order valence-corrected chi connectivity index (χ3v) is 8.11. The molecule has 2 fully saturated rings. The first-order chi connectivity index (χ1) is 14.9. The number of aryl methyl sites for hydroxylation is 1. The predicted molar refractivity (Wildman–Crippen MR) is 116 cm³/mol. The zero-order valence-corrected chi connectivity index (χ0v) is 18.5. The molecule has 0 radical (unpaired) electrons. The number of nitro benzene ring substituents is 1. The number of nitrogens with zero attached hydrogens (tertiary/aromatic N) is 6. The number of hydrogen-bond acceptors (Lipinski definition) is 7. The zero-order valence-electron chi connectivity index (χ0n) is 17.7. The summed E-state index contributed by atoms with van der Waals surface area (Å²) in [4.78, 5) is 13.4. The summed E-state index contributed by atoms with van der Waals surface area (Å²) >= 11 is 0. The number of hydrogen-bond donors (Lipinski definition) is 0. The van der Waals surface area contributed by atoms with Crippen molar-refractivity contribution < 1.29 is 13.3 Å². The summed E-state index contributed by atoms with van der Waals surface area (Å²) in [6.07, 6.45) is 7.09. The van der Waals surface area contributed by atoms with Gasteiger partial charge in [-0.15, -0.1) is 10.2 Å². The molecule has 0 spiro atoms. The Morgan fingerprint density at radius 1 is 1.10 bits per heavy atom. The summed E-state index contributed by atoms with van der Waals surface area (Å²) in [6.45, 7) is 2.17. The van der Waals surface area contributed by atoms with Crippen LogP contribution >= 0.6 is 0 Å². The van der Waals surface area contributed by atoms with Gasteiger partial charge in [0.2, 0.25) is 10.0 Å². The lowest BCUT2D eigenvalue weighted by atomic mass is 9.96. The second kappa shape index (κ2) is 8.91. The molecule has 2 saturated heterocycles.